The predicted molar refractivity (Wildman–Crippen MR) is 96.8 cm³/mol. The summed E-state index contributed by atoms with van der Waals surface area (Å²) in [7, 11) is 0. The van der Waals surface area contributed by atoms with Crippen LogP contribution in [0.5, 0.6) is 5.75 Å². The molecule has 0 unspecified atom stereocenters. The third-order valence-electron chi connectivity index (χ3n) is 3.64. The van der Waals surface area contributed by atoms with Crippen molar-refractivity contribution in [3.63, 3.8) is 0 Å². The Kier molecular flexibility index (Phi) is 6.85. The molecular formula is C18H22ClFN2O4. The number of allylic oxidation sites excluding steroid dienone is 1. The van der Waals surface area contributed by atoms with E-state index in [9.17, 15) is 14.0 Å². The van der Waals surface area contributed by atoms with Gasteiger partial charge in [0.25, 0.3) is 0 Å². The number of hydrogen-bond acceptors (Lipinski definition) is 4. The van der Waals surface area contributed by atoms with E-state index in [-0.39, 0.29) is 29.2 Å². The van der Waals surface area contributed by atoms with Gasteiger partial charge in [-0.05, 0) is 46.1 Å². The number of amides is 2. The van der Waals surface area contributed by atoms with E-state index in [1.165, 1.54) is 6.07 Å². The zero-order valence-corrected chi connectivity index (χ0v) is 15.7. The molecule has 0 fully saturated rings. The number of benzene rings is 1. The van der Waals surface area contributed by atoms with Crippen LogP contribution in [0.3, 0.4) is 0 Å². The fraction of sp³-hybridized carbons (Fsp3) is 0.444. The molecule has 0 spiro atoms. The van der Waals surface area contributed by atoms with Crippen molar-refractivity contribution >= 4 is 29.3 Å². The highest BCUT2D eigenvalue weighted by Crippen LogP contribution is 2.31. The Labute approximate surface area is 156 Å². The smallest absolute Gasteiger partial charge is 0.335 e. The number of nitrogens with one attached hydrogen (secondary N) is 2. The summed E-state index contributed by atoms with van der Waals surface area (Å²) in [6.45, 7) is 5.59. The van der Waals surface area contributed by atoms with Crippen LogP contribution in [0.2, 0.25) is 5.02 Å². The second-order valence-corrected chi connectivity index (χ2v) is 6.45. The van der Waals surface area contributed by atoms with E-state index in [0.29, 0.717) is 24.1 Å². The summed E-state index contributed by atoms with van der Waals surface area (Å²) < 4.78 is 24.5. The fourth-order valence-electron chi connectivity index (χ4n) is 2.58. The van der Waals surface area contributed by atoms with Gasteiger partial charge in [0.1, 0.15) is 11.6 Å². The second kappa shape index (κ2) is 8.89. The summed E-state index contributed by atoms with van der Waals surface area (Å²) in [5, 5.41) is 5.14. The number of urea groups is 1. The number of carbonyl (C=O) groups is 2. The van der Waals surface area contributed by atoms with Gasteiger partial charge in [-0.3, -0.25) is 0 Å². The molecule has 1 aromatic rings. The summed E-state index contributed by atoms with van der Waals surface area (Å²) >= 11 is 5.95. The lowest BCUT2D eigenvalue weighted by molar-refractivity contribution is -0.138. The maximum Gasteiger partial charge on any atom is 0.335 e. The van der Waals surface area contributed by atoms with Crippen LogP contribution in [0.15, 0.2) is 23.4 Å². The van der Waals surface area contributed by atoms with Crippen molar-refractivity contribution < 1.29 is 23.5 Å². The number of halogens is 2. The van der Waals surface area contributed by atoms with Gasteiger partial charge >= 0.3 is 12.0 Å². The lowest BCUT2D eigenvalue weighted by Crippen LogP contribution is -2.29. The van der Waals surface area contributed by atoms with Gasteiger partial charge in [0, 0.05) is 11.8 Å². The first kappa shape index (κ1) is 20.0. The first-order valence-electron chi connectivity index (χ1n) is 8.44. The number of ether oxygens (including phenoxy) is 2. The zero-order chi connectivity index (χ0) is 19.3. The molecule has 8 heteroatoms. The van der Waals surface area contributed by atoms with E-state index >= 15 is 0 Å². The molecule has 0 heterocycles. The first-order chi connectivity index (χ1) is 12.3. The monoisotopic (exact) mass is 384 g/mol. The van der Waals surface area contributed by atoms with Crippen LogP contribution in [0.4, 0.5) is 14.9 Å². The Morgan fingerprint density at radius 2 is 2.00 bits per heavy atom. The number of esters is 1. The molecule has 0 radical (unpaired) electrons. The van der Waals surface area contributed by atoms with Gasteiger partial charge in [-0.15, -0.1) is 0 Å². The molecule has 0 saturated carbocycles. The largest absolute Gasteiger partial charge is 0.489 e. The molecule has 0 atom stereocenters. The highest BCUT2D eigenvalue weighted by molar-refractivity contribution is 6.32. The molecule has 1 aliphatic rings. The first-order valence-corrected chi connectivity index (χ1v) is 8.82. The number of rotatable bonds is 6. The molecule has 0 aliphatic heterocycles. The minimum Gasteiger partial charge on any atom is -0.489 e. The van der Waals surface area contributed by atoms with Gasteiger partial charge in [-0.25, -0.2) is 14.0 Å². The van der Waals surface area contributed by atoms with Gasteiger partial charge < -0.3 is 20.1 Å². The van der Waals surface area contributed by atoms with E-state index in [1.54, 1.807) is 6.92 Å². The average Bonchev–Trinajstić information content (AvgIpc) is 3.00. The van der Waals surface area contributed by atoms with Crippen LogP contribution in [-0.2, 0) is 9.53 Å². The zero-order valence-electron chi connectivity index (χ0n) is 14.9. The molecule has 0 saturated heterocycles. The molecule has 1 aliphatic carbocycles. The van der Waals surface area contributed by atoms with Crippen LogP contribution in [0.1, 0.15) is 40.0 Å². The van der Waals surface area contributed by atoms with E-state index < -0.39 is 17.8 Å². The Morgan fingerprint density at radius 3 is 2.65 bits per heavy atom. The van der Waals surface area contributed by atoms with E-state index in [4.69, 9.17) is 21.1 Å². The van der Waals surface area contributed by atoms with Crippen LogP contribution < -0.4 is 15.4 Å². The summed E-state index contributed by atoms with van der Waals surface area (Å²) in [6.07, 6.45) is 1.67. The molecule has 2 N–H and O–H groups in total. The highest BCUT2D eigenvalue weighted by atomic mass is 35.5. The van der Waals surface area contributed by atoms with Crippen molar-refractivity contribution in [1.82, 2.24) is 5.32 Å². The lowest BCUT2D eigenvalue weighted by Gasteiger charge is -2.15. The van der Waals surface area contributed by atoms with Gasteiger partial charge in [0.05, 0.1) is 29.0 Å². The third kappa shape index (κ3) is 5.11. The molecule has 2 amide bonds. The molecule has 26 heavy (non-hydrogen) atoms. The number of hydrogen-bond donors (Lipinski definition) is 2. The summed E-state index contributed by atoms with van der Waals surface area (Å²) in [6, 6.07) is 1.75. The summed E-state index contributed by atoms with van der Waals surface area (Å²) in [5.41, 5.74) is 0.871. The molecule has 1 aromatic carbocycles. The van der Waals surface area contributed by atoms with Crippen molar-refractivity contribution in [2.45, 2.75) is 46.1 Å². The minimum atomic E-state index is -0.688. The molecular weight excluding hydrogens is 363 g/mol. The topological polar surface area (TPSA) is 76.7 Å². The maximum atomic E-state index is 14.1. The van der Waals surface area contributed by atoms with Crippen LogP contribution in [0, 0.1) is 5.82 Å². The molecule has 0 aromatic heterocycles. The van der Waals surface area contributed by atoms with Crippen molar-refractivity contribution in [1.29, 1.82) is 0 Å². The van der Waals surface area contributed by atoms with Gasteiger partial charge in [-0.1, -0.05) is 11.6 Å². The molecule has 142 valence electrons. The van der Waals surface area contributed by atoms with Crippen molar-refractivity contribution in [2.75, 3.05) is 11.9 Å². The Bertz CT molecular complexity index is 734. The standard InChI is InChI=1S/C18H22ClFN2O4/c1-4-25-17(23)11-6-5-7-14(11)21-18(24)22-15-9-16(26-10(2)3)12(19)8-13(15)20/h8-10H,4-7H2,1-3H3,(H2,21,22,24). The third-order valence-corrected chi connectivity index (χ3v) is 3.93. The van der Waals surface area contributed by atoms with E-state index in [0.717, 1.165) is 12.5 Å². The number of anilines is 1. The maximum absolute atomic E-state index is 14.1. The summed E-state index contributed by atoms with van der Waals surface area (Å²) in [4.78, 5) is 24.1. The van der Waals surface area contributed by atoms with Gasteiger partial charge in [-0.2, -0.15) is 0 Å². The molecule has 6 nitrogen and oxygen atoms in total. The van der Waals surface area contributed by atoms with Crippen LogP contribution in [0.25, 0.3) is 0 Å². The minimum absolute atomic E-state index is 0.0705. The van der Waals surface area contributed by atoms with Crippen molar-refractivity contribution in [3.8, 4) is 5.75 Å². The van der Waals surface area contributed by atoms with E-state index in [2.05, 4.69) is 10.6 Å². The predicted octanol–water partition coefficient (Wildman–Crippen LogP) is 4.39. The second-order valence-electron chi connectivity index (χ2n) is 6.04. The Hall–Kier alpha value is -2.28. The Balaban J connectivity index is 2.12. The highest BCUT2D eigenvalue weighted by Gasteiger charge is 2.23. The van der Waals surface area contributed by atoms with Gasteiger partial charge in [0.2, 0.25) is 0 Å². The van der Waals surface area contributed by atoms with E-state index in [1.807, 2.05) is 13.8 Å². The molecule has 2 rings (SSSR count). The van der Waals surface area contributed by atoms with Crippen molar-refractivity contribution in [2.24, 2.45) is 0 Å². The normalized spacial score (nSPS) is 13.8. The average molecular weight is 385 g/mol. The van der Waals surface area contributed by atoms with Crippen LogP contribution >= 0.6 is 11.6 Å². The SMILES string of the molecule is CCOC(=O)C1=C(NC(=O)Nc2cc(OC(C)C)c(Cl)cc2F)CCC1. The van der Waals surface area contributed by atoms with Gasteiger partial charge in [0.15, 0.2) is 0 Å². The van der Waals surface area contributed by atoms with Crippen molar-refractivity contribution in [3.05, 3.63) is 34.2 Å². The fourth-order valence-corrected chi connectivity index (χ4v) is 2.78. The quantitative estimate of drug-likeness (QED) is 0.713. The Morgan fingerprint density at radius 1 is 1.27 bits per heavy atom. The molecule has 0 bridgehead atoms. The summed E-state index contributed by atoms with van der Waals surface area (Å²) in [5.74, 6) is -0.858. The lowest BCUT2D eigenvalue weighted by atomic mass is 10.2. The number of carbonyl (C=O) groups excluding carboxylic acids is 2. The van der Waals surface area contributed by atoms with Crippen LogP contribution in [-0.4, -0.2) is 24.7 Å².